The Hall–Kier alpha value is -2.40. The number of aliphatic hydroxyl groups excluding tert-OH is 2. The molecule has 0 saturated heterocycles. The quantitative estimate of drug-likeness (QED) is 0.487. The zero-order valence-corrected chi connectivity index (χ0v) is 17.3. The van der Waals surface area contributed by atoms with Crippen molar-refractivity contribution in [1.82, 2.24) is 19.9 Å². The Labute approximate surface area is 172 Å². The minimum absolute atomic E-state index is 0.0598. The van der Waals surface area contributed by atoms with Crippen LogP contribution >= 0.6 is 11.3 Å². The van der Waals surface area contributed by atoms with E-state index in [1.165, 1.54) is 18.4 Å². The second-order valence-corrected chi connectivity index (χ2v) is 8.30. The van der Waals surface area contributed by atoms with E-state index in [0.29, 0.717) is 17.9 Å². The van der Waals surface area contributed by atoms with Gasteiger partial charge in [-0.15, -0.1) is 11.3 Å². The van der Waals surface area contributed by atoms with Gasteiger partial charge in [0.25, 0.3) is 0 Å². The average molecular weight is 417 g/mol. The number of methoxy groups -OCH3 is 1. The van der Waals surface area contributed by atoms with E-state index in [9.17, 15) is 10.2 Å². The van der Waals surface area contributed by atoms with Crippen molar-refractivity contribution in [3.8, 4) is 10.6 Å². The van der Waals surface area contributed by atoms with Crippen molar-refractivity contribution in [2.24, 2.45) is 5.92 Å². The molecule has 4 atom stereocenters. The summed E-state index contributed by atoms with van der Waals surface area (Å²) in [5.74, 6) is 0.492. The summed E-state index contributed by atoms with van der Waals surface area (Å²) < 4.78 is 6.41. The number of aryl methyl sites for hydroxylation is 2. The van der Waals surface area contributed by atoms with Crippen molar-refractivity contribution in [1.29, 1.82) is 0 Å². The van der Waals surface area contributed by atoms with Crippen LogP contribution in [-0.4, -0.2) is 62.1 Å². The van der Waals surface area contributed by atoms with Gasteiger partial charge in [0.1, 0.15) is 22.4 Å². The van der Waals surface area contributed by atoms with Gasteiger partial charge in [0.15, 0.2) is 0 Å². The zero-order chi connectivity index (χ0) is 20.7. The summed E-state index contributed by atoms with van der Waals surface area (Å²) >= 11 is 1.53. The van der Waals surface area contributed by atoms with Gasteiger partial charge in [-0.3, -0.25) is 4.98 Å². The molecule has 0 aliphatic heterocycles. The number of rotatable bonds is 5. The van der Waals surface area contributed by atoms with E-state index in [4.69, 9.17) is 15.5 Å². The molecule has 0 aromatic carbocycles. The van der Waals surface area contributed by atoms with Crippen LogP contribution in [0.25, 0.3) is 20.8 Å². The van der Waals surface area contributed by atoms with Crippen molar-refractivity contribution in [3.63, 3.8) is 0 Å². The fourth-order valence-corrected chi connectivity index (χ4v) is 5.09. The molecule has 0 spiro atoms. The number of hydrogen-bond acceptors (Lipinski definition) is 10. The lowest BCUT2D eigenvalue weighted by Crippen LogP contribution is -2.37. The van der Waals surface area contributed by atoms with Gasteiger partial charge in [-0.2, -0.15) is 4.98 Å². The van der Waals surface area contributed by atoms with Crippen LogP contribution in [0.15, 0.2) is 12.3 Å². The topological polar surface area (TPSA) is 139 Å². The number of anilines is 2. The molecular formula is C19H24N6O3S. The first-order valence-electron chi connectivity index (χ1n) is 9.37. The molecule has 3 heterocycles. The van der Waals surface area contributed by atoms with E-state index in [0.717, 1.165) is 26.5 Å². The van der Waals surface area contributed by atoms with Gasteiger partial charge in [-0.25, -0.2) is 9.97 Å². The number of aromatic nitrogens is 4. The molecule has 1 saturated carbocycles. The van der Waals surface area contributed by atoms with Crippen LogP contribution in [0.4, 0.5) is 11.8 Å². The molecule has 3 aromatic heterocycles. The third kappa shape index (κ3) is 3.52. The molecular weight excluding hydrogens is 392 g/mol. The maximum absolute atomic E-state index is 10.7. The van der Waals surface area contributed by atoms with Crippen molar-refractivity contribution in [2.45, 2.75) is 38.5 Å². The SMILES string of the molecule is CO[C@@H]1[C@@H](CO)C[C@@H](Nc2nc(N)nc(C)c2-c2nc3c(C)nccc3s2)[C@@H]1O. The molecule has 5 N–H and O–H groups in total. The zero-order valence-electron chi connectivity index (χ0n) is 16.5. The van der Waals surface area contributed by atoms with E-state index in [1.807, 2.05) is 19.9 Å². The lowest BCUT2D eigenvalue weighted by molar-refractivity contribution is -0.0259. The Morgan fingerprint density at radius 3 is 2.72 bits per heavy atom. The molecule has 10 heteroatoms. The molecule has 3 aromatic rings. The number of hydrogen-bond donors (Lipinski definition) is 4. The van der Waals surface area contributed by atoms with Crippen LogP contribution < -0.4 is 11.1 Å². The summed E-state index contributed by atoms with van der Waals surface area (Å²) in [7, 11) is 1.54. The Morgan fingerprint density at radius 1 is 1.28 bits per heavy atom. The minimum atomic E-state index is -0.789. The van der Waals surface area contributed by atoms with Crippen LogP contribution in [0.1, 0.15) is 17.8 Å². The Morgan fingerprint density at radius 2 is 2.07 bits per heavy atom. The van der Waals surface area contributed by atoms with Crippen molar-refractivity contribution < 1.29 is 14.9 Å². The molecule has 0 bridgehead atoms. The van der Waals surface area contributed by atoms with Crippen LogP contribution in [-0.2, 0) is 4.74 Å². The smallest absolute Gasteiger partial charge is 0.222 e. The summed E-state index contributed by atoms with van der Waals surface area (Å²) in [4.78, 5) is 17.8. The molecule has 0 radical (unpaired) electrons. The lowest BCUT2D eigenvalue weighted by atomic mass is 10.1. The fourth-order valence-electron chi connectivity index (χ4n) is 3.98. The minimum Gasteiger partial charge on any atom is -0.396 e. The number of ether oxygens (including phenoxy) is 1. The van der Waals surface area contributed by atoms with Gasteiger partial charge in [0.05, 0.1) is 33.8 Å². The summed E-state index contributed by atoms with van der Waals surface area (Å²) in [5.41, 5.74) is 9.04. The molecule has 4 rings (SSSR count). The molecule has 29 heavy (non-hydrogen) atoms. The van der Waals surface area contributed by atoms with Gasteiger partial charge in [-0.1, -0.05) is 0 Å². The molecule has 1 fully saturated rings. The Bertz CT molecular complexity index is 1040. The summed E-state index contributed by atoms with van der Waals surface area (Å²) in [5, 5.41) is 24.3. The number of aliphatic hydroxyl groups is 2. The predicted molar refractivity (Wildman–Crippen MR) is 112 cm³/mol. The molecule has 154 valence electrons. The van der Waals surface area contributed by atoms with E-state index in [2.05, 4.69) is 20.3 Å². The highest BCUT2D eigenvalue weighted by atomic mass is 32.1. The van der Waals surface area contributed by atoms with Crippen molar-refractivity contribution >= 4 is 33.3 Å². The molecule has 0 amide bonds. The molecule has 1 aliphatic rings. The summed E-state index contributed by atoms with van der Waals surface area (Å²) in [6.07, 6.45) is 1.07. The third-order valence-electron chi connectivity index (χ3n) is 5.41. The third-order valence-corrected chi connectivity index (χ3v) is 6.45. The number of nitrogens with zero attached hydrogens (tertiary/aromatic N) is 4. The van der Waals surface area contributed by atoms with Gasteiger partial charge in [-0.05, 0) is 26.3 Å². The Kier molecular flexibility index (Phi) is 5.34. The molecule has 1 aliphatic carbocycles. The highest BCUT2D eigenvalue weighted by molar-refractivity contribution is 7.21. The summed E-state index contributed by atoms with van der Waals surface area (Å²) in [6, 6.07) is 1.59. The average Bonchev–Trinajstić information content (AvgIpc) is 3.23. The number of fused-ring (bicyclic) bond motifs is 1. The van der Waals surface area contributed by atoms with E-state index < -0.39 is 12.2 Å². The largest absolute Gasteiger partial charge is 0.396 e. The first kappa shape index (κ1) is 19.9. The normalized spacial score (nSPS) is 24.3. The molecule has 0 unspecified atom stereocenters. The standard InChI is InChI=1S/C19H24N6O3S/c1-8-13(18-24-14-9(2)21-5-4-12(14)29-18)17(25-19(20)22-8)23-11-6-10(7-26)16(28-3)15(11)27/h4-5,10-11,15-16,26-27H,6-7H2,1-3H3,(H3,20,22,23,25)/t10-,11-,15+,16-/m1/s1. The monoisotopic (exact) mass is 416 g/mol. The summed E-state index contributed by atoms with van der Waals surface area (Å²) in [6.45, 7) is 3.72. The highest BCUT2D eigenvalue weighted by Gasteiger charge is 2.43. The second kappa shape index (κ2) is 7.79. The van der Waals surface area contributed by atoms with Crippen LogP contribution in [0, 0.1) is 19.8 Å². The number of nitrogens with two attached hydrogens (primary N) is 1. The van der Waals surface area contributed by atoms with Crippen molar-refractivity contribution in [2.75, 3.05) is 24.8 Å². The fraction of sp³-hybridized carbons (Fsp3) is 0.474. The number of thiazole rings is 1. The van der Waals surface area contributed by atoms with E-state index >= 15 is 0 Å². The Balaban J connectivity index is 1.75. The highest BCUT2D eigenvalue weighted by Crippen LogP contribution is 2.38. The predicted octanol–water partition coefficient (Wildman–Crippen LogP) is 1.52. The van der Waals surface area contributed by atoms with E-state index in [-0.39, 0.29) is 24.5 Å². The number of nitrogens with one attached hydrogen (secondary N) is 1. The molecule has 9 nitrogen and oxygen atoms in total. The van der Waals surface area contributed by atoms with Gasteiger partial charge in [0, 0.05) is 25.8 Å². The maximum Gasteiger partial charge on any atom is 0.222 e. The first-order valence-corrected chi connectivity index (χ1v) is 10.2. The van der Waals surface area contributed by atoms with Gasteiger partial charge >= 0.3 is 0 Å². The second-order valence-electron chi connectivity index (χ2n) is 7.27. The maximum atomic E-state index is 10.7. The van der Waals surface area contributed by atoms with Crippen LogP contribution in [0.5, 0.6) is 0 Å². The van der Waals surface area contributed by atoms with Crippen LogP contribution in [0.3, 0.4) is 0 Å². The number of pyridine rings is 1. The van der Waals surface area contributed by atoms with Crippen molar-refractivity contribution in [3.05, 3.63) is 23.7 Å². The van der Waals surface area contributed by atoms with Gasteiger partial charge in [0.2, 0.25) is 5.95 Å². The van der Waals surface area contributed by atoms with Crippen LogP contribution in [0.2, 0.25) is 0 Å². The first-order chi connectivity index (χ1) is 13.9. The van der Waals surface area contributed by atoms with E-state index in [1.54, 1.807) is 6.20 Å². The number of nitrogen functional groups attached to an aromatic ring is 1. The lowest BCUT2D eigenvalue weighted by Gasteiger charge is -2.22. The van der Waals surface area contributed by atoms with Gasteiger partial charge < -0.3 is 26.0 Å².